The van der Waals surface area contributed by atoms with E-state index in [9.17, 15) is 10.1 Å². The molecule has 0 unspecified atom stereocenters. The number of aromatic nitrogens is 1. The molecule has 0 atom stereocenters. The summed E-state index contributed by atoms with van der Waals surface area (Å²) in [5.41, 5.74) is 0.522. The number of pyridine rings is 1. The van der Waals surface area contributed by atoms with Gasteiger partial charge in [-0.1, -0.05) is 23.2 Å². The molecule has 0 amide bonds. The number of methoxy groups -OCH3 is 1. The Kier molecular flexibility index (Phi) is 3.28. The average molecular weight is 287 g/mol. The Balaban J connectivity index is 3.07. The van der Waals surface area contributed by atoms with Gasteiger partial charge in [0.2, 0.25) is 5.88 Å². The number of rotatable bonds is 2. The van der Waals surface area contributed by atoms with E-state index in [1.54, 1.807) is 6.92 Å². The zero-order chi connectivity index (χ0) is 13.4. The van der Waals surface area contributed by atoms with Gasteiger partial charge in [0.25, 0.3) is 5.69 Å². The number of benzene rings is 1. The molecule has 0 spiro atoms. The van der Waals surface area contributed by atoms with Gasteiger partial charge < -0.3 is 4.74 Å². The van der Waals surface area contributed by atoms with Crippen LogP contribution in [-0.4, -0.2) is 17.0 Å². The van der Waals surface area contributed by atoms with Crippen LogP contribution in [0.4, 0.5) is 5.69 Å². The first-order chi connectivity index (χ1) is 8.47. The molecule has 0 aliphatic rings. The molecule has 1 aromatic heterocycles. The van der Waals surface area contributed by atoms with E-state index in [2.05, 4.69) is 4.98 Å². The summed E-state index contributed by atoms with van der Waals surface area (Å²) >= 11 is 12.0. The van der Waals surface area contributed by atoms with E-state index in [1.807, 2.05) is 0 Å². The standard InChI is InChI=1S/C11H8Cl2N2O3/c1-5-4-14-11(18-2)9-7(15(16)17)3-6(12)10(13)8(5)9/h3-4H,1-2H3. The van der Waals surface area contributed by atoms with Gasteiger partial charge >= 0.3 is 0 Å². The molecule has 0 radical (unpaired) electrons. The summed E-state index contributed by atoms with van der Waals surface area (Å²) in [5, 5.41) is 12.2. The highest BCUT2D eigenvalue weighted by atomic mass is 35.5. The quantitative estimate of drug-likeness (QED) is 0.623. The van der Waals surface area contributed by atoms with Crippen molar-refractivity contribution in [2.24, 2.45) is 0 Å². The van der Waals surface area contributed by atoms with Crippen LogP contribution in [0.2, 0.25) is 10.0 Å². The van der Waals surface area contributed by atoms with E-state index in [4.69, 9.17) is 27.9 Å². The highest BCUT2D eigenvalue weighted by Gasteiger charge is 2.23. The van der Waals surface area contributed by atoms with Crippen molar-refractivity contribution in [1.82, 2.24) is 4.98 Å². The molecule has 7 heteroatoms. The van der Waals surface area contributed by atoms with E-state index in [0.717, 1.165) is 0 Å². The van der Waals surface area contributed by atoms with Gasteiger partial charge in [0.15, 0.2) is 0 Å². The van der Waals surface area contributed by atoms with Crippen LogP contribution < -0.4 is 4.74 Å². The third-order valence-electron chi connectivity index (χ3n) is 2.57. The molecule has 0 bridgehead atoms. The lowest BCUT2D eigenvalue weighted by atomic mass is 10.1. The SMILES string of the molecule is COc1ncc(C)c2c(Cl)c(Cl)cc([N+](=O)[O-])c12. The minimum atomic E-state index is -0.534. The lowest BCUT2D eigenvalue weighted by Gasteiger charge is -2.09. The summed E-state index contributed by atoms with van der Waals surface area (Å²) in [5.74, 6) is 0.154. The Morgan fingerprint density at radius 3 is 2.61 bits per heavy atom. The first-order valence-electron chi connectivity index (χ1n) is 4.93. The summed E-state index contributed by atoms with van der Waals surface area (Å²) in [4.78, 5) is 14.6. The lowest BCUT2D eigenvalue weighted by Crippen LogP contribution is -1.97. The monoisotopic (exact) mass is 286 g/mol. The number of fused-ring (bicyclic) bond motifs is 1. The van der Waals surface area contributed by atoms with Crippen LogP contribution in [0.1, 0.15) is 5.56 Å². The van der Waals surface area contributed by atoms with Crippen LogP contribution in [0.5, 0.6) is 5.88 Å². The maximum atomic E-state index is 11.1. The molecule has 1 aromatic carbocycles. The first-order valence-corrected chi connectivity index (χ1v) is 5.68. The van der Waals surface area contributed by atoms with Crippen LogP contribution in [0.15, 0.2) is 12.3 Å². The van der Waals surface area contributed by atoms with Gasteiger partial charge in [0.1, 0.15) is 5.39 Å². The minimum absolute atomic E-state index is 0.132. The Morgan fingerprint density at radius 1 is 1.39 bits per heavy atom. The van der Waals surface area contributed by atoms with Crippen molar-refractivity contribution < 1.29 is 9.66 Å². The van der Waals surface area contributed by atoms with Crippen molar-refractivity contribution in [3.05, 3.63) is 38.0 Å². The van der Waals surface area contributed by atoms with E-state index in [1.165, 1.54) is 19.4 Å². The maximum absolute atomic E-state index is 11.1. The second-order valence-corrected chi connectivity index (χ2v) is 4.43. The van der Waals surface area contributed by atoms with Gasteiger partial charge in [0, 0.05) is 17.6 Å². The Labute approximate surface area is 112 Å². The number of hydrogen-bond donors (Lipinski definition) is 0. The van der Waals surface area contributed by atoms with E-state index >= 15 is 0 Å². The summed E-state index contributed by atoms with van der Waals surface area (Å²) in [7, 11) is 1.39. The molecular formula is C11H8Cl2N2O3. The molecule has 94 valence electrons. The fourth-order valence-corrected chi connectivity index (χ4v) is 2.28. The fourth-order valence-electron chi connectivity index (χ4n) is 1.78. The molecule has 0 fully saturated rings. The van der Waals surface area contributed by atoms with Gasteiger partial charge in [-0.2, -0.15) is 0 Å². The van der Waals surface area contributed by atoms with E-state index in [-0.39, 0.29) is 27.0 Å². The molecule has 0 saturated carbocycles. The topological polar surface area (TPSA) is 65.3 Å². The van der Waals surface area contributed by atoms with Gasteiger partial charge in [-0.3, -0.25) is 10.1 Å². The molecule has 0 N–H and O–H groups in total. The summed E-state index contributed by atoms with van der Waals surface area (Å²) < 4.78 is 5.05. The van der Waals surface area contributed by atoms with Crippen molar-refractivity contribution in [2.75, 3.05) is 7.11 Å². The normalized spacial score (nSPS) is 10.7. The molecular weight excluding hydrogens is 279 g/mol. The zero-order valence-corrected chi connectivity index (χ0v) is 11.0. The number of halogens is 2. The predicted octanol–water partition coefficient (Wildman–Crippen LogP) is 3.77. The minimum Gasteiger partial charge on any atom is -0.480 e. The van der Waals surface area contributed by atoms with Crippen LogP contribution in [0, 0.1) is 17.0 Å². The Bertz CT molecular complexity index is 659. The molecule has 2 aromatic rings. The Hall–Kier alpha value is -1.59. The van der Waals surface area contributed by atoms with E-state index < -0.39 is 4.92 Å². The smallest absolute Gasteiger partial charge is 0.284 e. The number of nitro groups is 1. The second kappa shape index (κ2) is 4.59. The second-order valence-electron chi connectivity index (χ2n) is 3.65. The number of nitro benzene ring substituents is 1. The number of ether oxygens (including phenoxy) is 1. The summed E-state index contributed by atoms with van der Waals surface area (Å²) in [6.45, 7) is 1.75. The average Bonchev–Trinajstić information content (AvgIpc) is 2.33. The van der Waals surface area contributed by atoms with Gasteiger partial charge in [0.05, 0.1) is 22.1 Å². The van der Waals surface area contributed by atoms with Crippen LogP contribution in [0.3, 0.4) is 0 Å². The van der Waals surface area contributed by atoms with Gasteiger partial charge in [-0.05, 0) is 12.5 Å². The maximum Gasteiger partial charge on any atom is 0.284 e. The van der Waals surface area contributed by atoms with E-state index in [0.29, 0.717) is 10.9 Å². The van der Waals surface area contributed by atoms with Crippen molar-refractivity contribution in [3.63, 3.8) is 0 Å². The molecule has 0 saturated heterocycles. The highest BCUT2D eigenvalue weighted by molar-refractivity contribution is 6.46. The highest BCUT2D eigenvalue weighted by Crippen LogP contribution is 2.42. The van der Waals surface area contributed by atoms with Crippen molar-refractivity contribution >= 4 is 39.7 Å². The Morgan fingerprint density at radius 2 is 2.06 bits per heavy atom. The number of aryl methyl sites for hydroxylation is 1. The number of hydrogen-bond acceptors (Lipinski definition) is 4. The molecule has 0 aliphatic heterocycles. The van der Waals surface area contributed by atoms with Crippen molar-refractivity contribution in [3.8, 4) is 5.88 Å². The van der Waals surface area contributed by atoms with Crippen LogP contribution >= 0.6 is 23.2 Å². The molecule has 0 aliphatic carbocycles. The lowest BCUT2D eigenvalue weighted by molar-refractivity contribution is -0.383. The van der Waals surface area contributed by atoms with Crippen LogP contribution in [0.25, 0.3) is 10.8 Å². The fraction of sp³-hybridized carbons (Fsp3) is 0.182. The van der Waals surface area contributed by atoms with Crippen molar-refractivity contribution in [1.29, 1.82) is 0 Å². The number of nitrogens with zero attached hydrogens (tertiary/aromatic N) is 2. The van der Waals surface area contributed by atoms with Crippen molar-refractivity contribution in [2.45, 2.75) is 6.92 Å². The van der Waals surface area contributed by atoms with Gasteiger partial charge in [-0.15, -0.1) is 0 Å². The first kappa shape index (κ1) is 12.9. The van der Waals surface area contributed by atoms with Crippen LogP contribution in [-0.2, 0) is 0 Å². The predicted molar refractivity (Wildman–Crippen MR) is 69.7 cm³/mol. The molecule has 1 heterocycles. The molecule has 18 heavy (non-hydrogen) atoms. The molecule has 5 nitrogen and oxygen atoms in total. The van der Waals surface area contributed by atoms with Gasteiger partial charge in [-0.25, -0.2) is 4.98 Å². The molecule has 2 rings (SSSR count). The third kappa shape index (κ3) is 1.85. The summed E-state index contributed by atoms with van der Waals surface area (Å²) in [6.07, 6.45) is 1.53. The third-order valence-corrected chi connectivity index (χ3v) is 3.36. The number of non-ortho nitro benzene ring substituents is 1. The largest absolute Gasteiger partial charge is 0.480 e. The zero-order valence-electron chi connectivity index (χ0n) is 9.53. The summed E-state index contributed by atoms with van der Waals surface area (Å²) in [6, 6.07) is 1.20.